The average molecular weight is 285 g/mol. The van der Waals surface area contributed by atoms with Gasteiger partial charge in [-0.3, -0.25) is 4.18 Å². The van der Waals surface area contributed by atoms with Crippen molar-refractivity contribution in [3.63, 3.8) is 0 Å². The third-order valence-corrected chi connectivity index (χ3v) is 3.27. The van der Waals surface area contributed by atoms with Gasteiger partial charge >= 0.3 is 10.4 Å². The van der Waals surface area contributed by atoms with E-state index in [1.54, 1.807) is 18.2 Å². The van der Waals surface area contributed by atoms with Gasteiger partial charge in [0, 0.05) is 10.0 Å². The maximum Gasteiger partial charge on any atom is 0.399 e. The van der Waals surface area contributed by atoms with Crippen molar-refractivity contribution in [2.75, 3.05) is 13.7 Å². The van der Waals surface area contributed by atoms with Crippen LogP contribution in [0, 0.1) is 0 Å². The number of hydrogen-bond donors (Lipinski definition) is 0. The number of halogens is 2. The molecular weight excluding hydrogens is 275 g/mol. The van der Waals surface area contributed by atoms with Gasteiger partial charge < -0.3 is 0 Å². The molecule has 0 atom stereocenters. The molecule has 7 heteroatoms. The van der Waals surface area contributed by atoms with E-state index in [2.05, 4.69) is 8.37 Å². The molecule has 0 N–H and O–H groups in total. The van der Waals surface area contributed by atoms with E-state index in [0.717, 1.165) is 12.7 Å². The minimum absolute atomic E-state index is 0.0302. The predicted octanol–water partition coefficient (Wildman–Crippen LogP) is 2.44. The zero-order chi connectivity index (χ0) is 12.2. The monoisotopic (exact) mass is 284 g/mol. The molecule has 0 aliphatic carbocycles. The van der Waals surface area contributed by atoms with Crippen LogP contribution < -0.4 is 0 Å². The smallest absolute Gasteiger partial charge is 0.252 e. The van der Waals surface area contributed by atoms with Crippen LogP contribution in [0.25, 0.3) is 0 Å². The standard InChI is InChI=1S/C9H10Cl2O4S/c1-14-16(12,13)15-5-4-7-2-3-8(10)6-9(7)11/h2-3,6H,4-5H2,1H3. The molecule has 0 unspecified atom stereocenters. The van der Waals surface area contributed by atoms with Gasteiger partial charge in [-0.05, 0) is 24.1 Å². The van der Waals surface area contributed by atoms with Crippen LogP contribution in [0.2, 0.25) is 10.0 Å². The van der Waals surface area contributed by atoms with Gasteiger partial charge in [0.05, 0.1) is 13.7 Å². The van der Waals surface area contributed by atoms with Crippen LogP contribution >= 0.6 is 23.2 Å². The Hall–Kier alpha value is -0.330. The Balaban J connectivity index is 2.56. The molecule has 0 radical (unpaired) electrons. The summed E-state index contributed by atoms with van der Waals surface area (Å²) in [6.07, 6.45) is 0.360. The van der Waals surface area contributed by atoms with Gasteiger partial charge in [0.1, 0.15) is 0 Å². The van der Waals surface area contributed by atoms with E-state index in [0.29, 0.717) is 16.5 Å². The fourth-order valence-corrected chi connectivity index (χ4v) is 1.91. The lowest BCUT2D eigenvalue weighted by Gasteiger charge is -2.05. The Kier molecular flexibility index (Phi) is 5.01. The van der Waals surface area contributed by atoms with Crippen molar-refractivity contribution >= 4 is 33.6 Å². The van der Waals surface area contributed by atoms with Crippen LogP contribution in [0.3, 0.4) is 0 Å². The van der Waals surface area contributed by atoms with Gasteiger partial charge in [-0.1, -0.05) is 29.3 Å². The summed E-state index contributed by atoms with van der Waals surface area (Å²) in [6.45, 7) is -0.0302. The molecule has 0 aliphatic heterocycles. The second kappa shape index (κ2) is 5.84. The van der Waals surface area contributed by atoms with E-state index in [-0.39, 0.29) is 6.61 Å². The summed E-state index contributed by atoms with van der Waals surface area (Å²) in [5, 5.41) is 1.00. The number of rotatable bonds is 5. The Bertz CT molecular complexity index is 459. The Morgan fingerprint density at radius 1 is 1.31 bits per heavy atom. The van der Waals surface area contributed by atoms with E-state index in [4.69, 9.17) is 23.2 Å². The number of benzene rings is 1. The highest BCUT2D eigenvalue weighted by molar-refractivity contribution is 7.81. The quantitative estimate of drug-likeness (QED) is 0.833. The summed E-state index contributed by atoms with van der Waals surface area (Å²) in [7, 11) is -2.85. The molecule has 0 fully saturated rings. The Morgan fingerprint density at radius 2 is 2.00 bits per heavy atom. The lowest BCUT2D eigenvalue weighted by Crippen LogP contribution is -2.10. The van der Waals surface area contributed by atoms with Gasteiger partial charge in [-0.2, -0.15) is 8.42 Å². The van der Waals surface area contributed by atoms with Crippen molar-refractivity contribution in [2.24, 2.45) is 0 Å². The Labute approximate surface area is 104 Å². The van der Waals surface area contributed by atoms with Crippen molar-refractivity contribution in [3.05, 3.63) is 33.8 Å². The highest BCUT2D eigenvalue weighted by Gasteiger charge is 2.09. The molecule has 0 amide bonds. The molecule has 0 saturated carbocycles. The fourth-order valence-electron chi connectivity index (χ4n) is 1.03. The van der Waals surface area contributed by atoms with Crippen LogP contribution in [0.15, 0.2) is 18.2 Å². The van der Waals surface area contributed by atoms with Gasteiger partial charge in [0.2, 0.25) is 0 Å². The summed E-state index contributed by atoms with van der Waals surface area (Å²) in [5.41, 5.74) is 0.761. The molecule has 4 nitrogen and oxygen atoms in total. The molecule has 90 valence electrons. The molecule has 0 spiro atoms. The van der Waals surface area contributed by atoms with Crippen LogP contribution in [0.4, 0.5) is 0 Å². The molecule has 0 aliphatic rings. The van der Waals surface area contributed by atoms with Crippen LogP contribution in [0.5, 0.6) is 0 Å². The summed E-state index contributed by atoms with van der Waals surface area (Å²) < 4.78 is 30.3. The topological polar surface area (TPSA) is 52.6 Å². The minimum Gasteiger partial charge on any atom is -0.252 e. The van der Waals surface area contributed by atoms with Gasteiger partial charge in [0.15, 0.2) is 0 Å². The predicted molar refractivity (Wildman–Crippen MR) is 62.0 cm³/mol. The van der Waals surface area contributed by atoms with Crippen LogP contribution in [0.1, 0.15) is 5.56 Å². The first-order valence-electron chi connectivity index (χ1n) is 4.33. The third-order valence-electron chi connectivity index (χ3n) is 1.82. The molecule has 0 heterocycles. The zero-order valence-electron chi connectivity index (χ0n) is 8.44. The lowest BCUT2D eigenvalue weighted by atomic mass is 10.2. The van der Waals surface area contributed by atoms with Gasteiger partial charge in [-0.25, -0.2) is 4.18 Å². The summed E-state index contributed by atoms with van der Waals surface area (Å²) in [6, 6.07) is 4.98. The zero-order valence-corrected chi connectivity index (χ0v) is 10.8. The first kappa shape index (κ1) is 13.7. The van der Waals surface area contributed by atoms with Crippen LogP contribution in [-0.2, 0) is 25.2 Å². The van der Waals surface area contributed by atoms with Crippen molar-refractivity contribution < 1.29 is 16.8 Å². The molecule has 16 heavy (non-hydrogen) atoms. The fraction of sp³-hybridized carbons (Fsp3) is 0.333. The lowest BCUT2D eigenvalue weighted by molar-refractivity contribution is 0.246. The molecule has 0 saturated heterocycles. The second-order valence-corrected chi connectivity index (χ2v) is 5.11. The highest BCUT2D eigenvalue weighted by Crippen LogP contribution is 2.21. The second-order valence-electron chi connectivity index (χ2n) is 2.88. The molecule has 1 aromatic carbocycles. The largest absolute Gasteiger partial charge is 0.399 e. The SMILES string of the molecule is COS(=O)(=O)OCCc1ccc(Cl)cc1Cl. The van der Waals surface area contributed by atoms with E-state index in [1.807, 2.05) is 0 Å². The third kappa shape index (κ3) is 4.27. The van der Waals surface area contributed by atoms with Gasteiger partial charge in [-0.15, -0.1) is 0 Å². The van der Waals surface area contributed by atoms with Crippen molar-refractivity contribution in [3.8, 4) is 0 Å². The summed E-state index contributed by atoms with van der Waals surface area (Å²) >= 11 is 11.6. The molecule has 1 rings (SSSR count). The van der Waals surface area contributed by atoms with Crippen LogP contribution in [-0.4, -0.2) is 22.1 Å². The maximum absolute atomic E-state index is 10.8. The van der Waals surface area contributed by atoms with Crippen molar-refractivity contribution in [1.82, 2.24) is 0 Å². The molecular formula is C9H10Cl2O4S. The molecule has 0 bridgehead atoms. The van der Waals surface area contributed by atoms with E-state index >= 15 is 0 Å². The van der Waals surface area contributed by atoms with E-state index in [1.165, 1.54) is 0 Å². The minimum atomic E-state index is -3.88. The summed E-state index contributed by atoms with van der Waals surface area (Å²) in [5.74, 6) is 0. The van der Waals surface area contributed by atoms with E-state index < -0.39 is 10.4 Å². The first-order chi connectivity index (χ1) is 7.44. The van der Waals surface area contributed by atoms with Gasteiger partial charge in [0.25, 0.3) is 0 Å². The highest BCUT2D eigenvalue weighted by atomic mass is 35.5. The summed E-state index contributed by atoms with van der Waals surface area (Å²) in [4.78, 5) is 0. The van der Waals surface area contributed by atoms with Crippen molar-refractivity contribution in [1.29, 1.82) is 0 Å². The Morgan fingerprint density at radius 3 is 2.56 bits per heavy atom. The maximum atomic E-state index is 10.8. The van der Waals surface area contributed by atoms with Crippen molar-refractivity contribution in [2.45, 2.75) is 6.42 Å². The molecule has 0 aromatic heterocycles. The normalized spacial score (nSPS) is 11.7. The van der Waals surface area contributed by atoms with E-state index in [9.17, 15) is 8.42 Å². The average Bonchev–Trinajstić information content (AvgIpc) is 2.21. The molecule has 1 aromatic rings. The number of hydrogen-bond acceptors (Lipinski definition) is 4. The first-order valence-corrected chi connectivity index (χ1v) is 6.42.